The molecule has 2 bridgehead atoms. The van der Waals surface area contributed by atoms with Gasteiger partial charge in [0.05, 0.1) is 30.5 Å². The van der Waals surface area contributed by atoms with Crippen LogP contribution in [0.3, 0.4) is 0 Å². The lowest BCUT2D eigenvalue weighted by atomic mass is 9.81. The number of aliphatic hydroxyl groups is 3. The molecule has 24 heteroatoms. The van der Waals surface area contributed by atoms with Crippen molar-refractivity contribution in [2.75, 3.05) is 27.9 Å². The van der Waals surface area contributed by atoms with E-state index in [4.69, 9.17) is 34.2 Å². The van der Waals surface area contributed by atoms with Gasteiger partial charge in [0.15, 0.2) is 0 Å². The smallest absolute Gasteiger partial charge is 0.329 e. The van der Waals surface area contributed by atoms with Crippen molar-refractivity contribution in [1.82, 2.24) is 10.5 Å². The van der Waals surface area contributed by atoms with Gasteiger partial charge in [0.25, 0.3) is 11.7 Å². The first-order valence-corrected chi connectivity index (χ1v) is 34.1. The molecule has 0 aromatic carbocycles. The molecule has 638 valence electrons. The number of carbonyl (C=O) groups is 3. The highest BCUT2D eigenvalue weighted by Gasteiger charge is 2.56. The maximum absolute atomic E-state index is 14.3. The average Bonchev–Trinajstić information content (AvgIpc) is 0.771. The fourth-order valence-corrected chi connectivity index (χ4v) is 11.0. The first kappa shape index (κ1) is 95.9. The zero-order chi connectivity index (χ0) is 82.3. The van der Waals surface area contributed by atoms with Crippen molar-refractivity contribution in [2.24, 2.45) is 29.6 Å². The number of hydrogen-bond donors (Lipinski definition) is 6. The SMILES string of the molecule is C=C1C[C@H](O)[C@@H](C)[C@@H](/C(C)=C/[C@@H]2CC[C@@H](O)[C@H](OC)C2)OC(=O)[C@@H]2CCCCN2C(=O)C(=O)[C@]2(O)O[C@H]([C@@H](OC)C[C@@H](C)C/C(C)=C/[C@H]1CC)[C@@H](OC)C[C@H]2C.CC#CC#CC#CC#CC#CC#CC#CC#CC#CC#CC#CC#CC#CC#CC#CC#CC#CC#CC#CC#CC#CC.OOOOONOOOOOO.[HH].[HH].[HH].[HH].[HH].[HH].[HH].[HH].[HH].[HH].[HH].[HH].[HH].[HH].[HH].[HH].[HH].[HH].[HH].[HH].[HH].[HH].[HH].[HH].[HH].[HH].[HH].[HH].[HH].[HH].[HH].[HH]. The van der Waals surface area contributed by atoms with Crippen LogP contribution in [0.4, 0.5) is 0 Å². The van der Waals surface area contributed by atoms with E-state index < -0.39 is 77.9 Å². The monoisotopic (exact) mass is 1580 g/mol. The molecule has 0 aromatic heterocycles. The molecule has 4 rings (SSSR count). The van der Waals surface area contributed by atoms with Crippen molar-refractivity contribution >= 4 is 17.7 Å². The maximum Gasteiger partial charge on any atom is 0.329 e. The van der Waals surface area contributed by atoms with Crippen molar-refractivity contribution in [1.29, 1.82) is 0 Å². The average molecular weight is 1580 g/mol. The van der Waals surface area contributed by atoms with Crippen LogP contribution < -0.4 is 5.64 Å². The Labute approximate surface area is 704 Å². The number of carbonyl (C=O) groups excluding carboxylic acids is 3. The summed E-state index contributed by atoms with van der Waals surface area (Å²) in [7, 11) is 4.71. The molecule has 24 nitrogen and oxygen atoms in total. The fraction of sp³-hybridized carbons (Fsp3) is 0.420. The van der Waals surface area contributed by atoms with Crippen LogP contribution in [-0.4, -0.2) is 131 Å². The Morgan fingerprint density at radius 1 is 0.571 bits per heavy atom. The number of amides is 1. The molecule has 3 fully saturated rings. The number of ketones is 1. The number of rotatable bonds is 15. The molecule has 3 heterocycles. The van der Waals surface area contributed by atoms with Crippen molar-refractivity contribution in [3.63, 3.8) is 0 Å². The highest BCUT2D eigenvalue weighted by molar-refractivity contribution is 6.39. The Hall–Kier alpha value is -12.2. The van der Waals surface area contributed by atoms with Gasteiger partial charge in [0, 0.05) is 227 Å². The number of aliphatic hydroxyl groups excluding tert-OH is 2. The van der Waals surface area contributed by atoms with Crippen LogP contribution in [-0.2, 0) is 83.3 Å². The third-order valence-corrected chi connectivity index (χ3v) is 16.0. The first-order chi connectivity index (χ1) is 54.3. The minimum absolute atomic E-state index is 0. The van der Waals surface area contributed by atoms with Gasteiger partial charge in [0.1, 0.15) is 18.2 Å². The Morgan fingerprint density at radius 3 is 1.39 bits per heavy atom. The number of fused-ring (bicyclic) bond motifs is 3. The molecule has 0 spiro atoms. The summed E-state index contributed by atoms with van der Waals surface area (Å²) in [6.07, 6.45) is 5.69. The third-order valence-electron chi connectivity index (χ3n) is 16.0. The number of nitrogens with one attached hydrogen (secondary N) is 1. The molecule has 1 saturated carbocycles. The topological polar surface area (TPSA) is 297 Å². The lowest BCUT2D eigenvalue weighted by Crippen LogP contribution is -2.64. The van der Waals surface area contributed by atoms with Gasteiger partial charge in [-0.15, -0.1) is 0 Å². The first-order valence-electron chi connectivity index (χ1n) is 34.1. The van der Waals surface area contributed by atoms with Crippen LogP contribution in [0.25, 0.3) is 0 Å². The minimum Gasteiger partial charge on any atom is -0.456 e. The lowest BCUT2D eigenvalue weighted by molar-refractivity contribution is -0.781. The van der Waals surface area contributed by atoms with Gasteiger partial charge >= 0.3 is 5.97 Å². The Morgan fingerprint density at radius 2 is 0.982 bits per heavy atom. The predicted molar refractivity (Wildman–Crippen MR) is 473 cm³/mol. The van der Waals surface area contributed by atoms with Gasteiger partial charge in [-0.05, 0) is 257 Å². The molecule has 3 aliphatic heterocycles. The molecule has 14 atom stereocenters. The molecule has 6 N–H and O–H groups in total. The molecule has 1 amide bonds. The predicted octanol–water partition coefficient (Wildman–Crippen LogP) is 13.3. The van der Waals surface area contributed by atoms with Crippen molar-refractivity contribution < 1.29 is 155 Å². The number of cyclic esters (lactones) is 1. The van der Waals surface area contributed by atoms with E-state index in [9.17, 15) is 29.7 Å². The highest BCUT2D eigenvalue weighted by Crippen LogP contribution is 2.40. The van der Waals surface area contributed by atoms with E-state index in [2.05, 4.69) is 333 Å². The normalized spacial score (nSPS) is 23.5. The number of allylic oxidation sites excluding steroid dienone is 3. The van der Waals surface area contributed by atoms with E-state index in [-0.39, 0.29) is 88.9 Å². The van der Waals surface area contributed by atoms with Crippen LogP contribution in [0.15, 0.2) is 35.5 Å². The van der Waals surface area contributed by atoms with E-state index >= 15 is 0 Å². The molecule has 4 aliphatic rings. The molecule has 2 saturated heterocycles. The molecular formula is C88H144N2O22. The second-order valence-corrected chi connectivity index (χ2v) is 23.6. The van der Waals surface area contributed by atoms with Gasteiger partial charge in [-0.25, -0.2) is 15.3 Å². The number of piperidine rings is 1. The van der Waals surface area contributed by atoms with Gasteiger partial charge < -0.3 is 43.9 Å². The summed E-state index contributed by atoms with van der Waals surface area (Å²) in [5.74, 6) is 99.2. The number of nitrogens with zero attached hydrogens (tertiary/aromatic N) is 1. The van der Waals surface area contributed by atoms with Crippen molar-refractivity contribution in [2.45, 2.75) is 181 Å². The van der Waals surface area contributed by atoms with E-state index in [0.717, 1.165) is 36.0 Å². The summed E-state index contributed by atoms with van der Waals surface area (Å²) in [5.41, 5.74) is 4.16. The van der Waals surface area contributed by atoms with Crippen LogP contribution in [0.1, 0.15) is 172 Å². The zero-order valence-electron chi connectivity index (χ0n) is 63.5. The highest BCUT2D eigenvalue weighted by atomic mass is 17.8. The summed E-state index contributed by atoms with van der Waals surface area (Å²) in [6, 6.07) is -1.08. The molecule has 1 aliphatic carbocycles. The van der Waals surface area contributed by atoms with Crippen LogP contribution in [0.2, 0.25) is 0 Å². The molecule has 0 aromatic rings. The minimum atomic E-state index is -2.47. The number of Topliss-reactive ketones (excluding diaryl/α,β-unsaturated/α-hetero) is 1. The van der Waals surface area contributed by atoms with Crippen LogP contribution in [0, 0.1) is 278 Å². The molecular weight excluding hydrogens is 1440 g/mol. The summed E-state index contributed by atoms with van der Waals surface area (Å²) in [6.45, 7) is 19.6. The Kier molecular flexibility index (Phi) is 52.0. The summed E-state index contributed by atoms with van der Waals surface area (Å²) >= 11 is 0. The molecule has 112 heavy (non-hydrogen) atoms. The third kappa shape index (κ3) is 40.3. The standard InChI is InChI=1S/C44H71NO11.C44H6.H3NO11.32H2/c1-11-32-19-25(2)18-26(3)20-37(53-9)40-38(54-10)23-29(6)44(51,56-40)41(48)42(49)45-17-13-12-14-33(45)43(50)55-39(30(7)35(47)22-27(32)4)28(5)21-31-15-16-34(46)36(24-31)52-8;1-3-5-7-9-11-13-15-17-19-21-23-25-27-29-31-33-35-37-39-41-43-44-42-40-38-36-34-32-30-28-26-24-22-20-18-16-14-12-10-8-6-4-2;2-6-10-8-4-1-5-9-12-11-7-3;;;;;;;;;;;;;;;;;;;;;;;;;;;;;;;;/h19,21,26,29-40,46-47,51H,4,11-18,20,22-24H2,1-3,5-10H3;1-2H3;1-3H;32*1H/b25-19+,28-21+;;;;;;;;;;;;;;;;;;;;;;;;;;;;;;;;;;/t26-,29+,30+,31-,32+,33-,34+,35-,36+,37-,38-,39+,40+,44+;;;;;;;;;;;;;;;;;;;;;;;;;;;;;;;;;;/m0................................../s1. The van der Waals surface area contributed by atoms with E-state index in [0.29, 0.717) is 38.5 Å². The van der Waals surface area contributed by atoms with E-state index in [1.165, 1.54) is 10.5 Å². The number of methoxy groups -OCH3 is 3. The summed E-state index contributed by atoms with van der Waals surface area (Å²) < 4.78 is 29.9. The van der Waals surface area contributed by atoms with Crippen LogP contribution in [0.5, 0.6) is 0 Å². The van der Waals surface area contributed by atoms with E-state index in [1.807, 2.05) is 13.8 Å². The number of ether oxygens (including phenoxy) is 5. The maximum atomic E-state index is 14.3. The lowest BCUT2D eigenvalue weighted by Gasteiger charge is -2.47. The Bertz CT molecular complexity index is 4700. The largest absolute Gasteiger partial charge is 0.456 e. The Balaban J connectivity index is -0.0000000461. The quantitative estimate of drug-likeness (QED) is 0.0169. The zero-order valence-corrected chi connectivity index (χ0v) is 63.5. The van der Waals surface area contributed by atoms with Gasteiger partial charge in [0.2, 0.25) is 5.79 Å². The fourth-order valence-electron chi connectivity index (χ4n) is 11.0. The van der Waals surface area contributed by atoms with Crippen molar-refractivity contribution in [3.8, 4) is 249 Å². The van der Waals surface area contributed by atoms with Crippen molar-refractivity contribution in [3.05, 3.63) is 35.5 Å². The van der Waals surface area contributed by atoms with E-state index in [1.54, 1.807) is 42.1 Å². The molecule has 0 unspecified atom stereocenters. The summed E-state index contributed by atoms with van der Waals surface area (Å²) in [4.78, 5) is 51.2. The second kappa shape index (κ2) is 60.7. The summed E-state index contributed by atoms with van der Waals surface area (Å²) in [5, 5.41) is 71.7. The number of esters is 1. The van der Waals surface area contributed by atoms with Gasteiger partial charge in [-0.2, -0.15) is 0 Å². The van der Waals surface area contributed by atoms with Gasteiger partial charge in [-0.1, -0.05) is 79.4 Å². The number of hydrogen-bond acceptors (Lipinski definition) is 23. The molecule has 0 radical (unpaired) electrons. The van der Waals surface area contributed by atoms with Crippen LogP contribution >= 0.6 is 0 Å². The second-order valence-electron chi connectivity index (χ2n) is 23.6. The van der Waals surface area contributed by atoms with Gasteiger partial charge in [-0.3, -0.25) is 9.59 Å².